The van der Waals surface area contributed by atoms with Gasteiger partial charge in [-0.15, -0.1) is 0 Å². The smallest absolute Gasteiger partial charge is 0.326 e. The zero-order valence-corrected chi connectivity index (χ0v) is 13.4. The largest absolute Gasteiger partial charge is 0.332 e. The molecule has 0 saturated carbocycles. The Balaban J connectivity index is 2.47. The van der Waals surface area contributed by atoms with Gasteiger partial charge in [0.1, 0.15) is 11.6 Å². The highest BCUT2D eigenvalue weighted by atomic mass is 35.5. The van der Waals surface area contributed by atoms with Crippen molar-refractivity contribution in [3.63, 3.8) is 0 Å². The molecule has 22 heavy (non-hydrogen) atoms. The summed E-state index contributed by atoms with van der Waals surface area (Å²) in [6, 6.07) is 4.82. The van der Waals surface area contributed by atoms with Gasteiger partial charge in [0.05, 0.1) is 5.02 Å². The predicted molar refractivity (Wildman–Crippen MR) is 88.1 cm³/mol. The molecule has 2 heterocycles. The van der Waals surface area contributed by atoms with Gasteiger partial charge < -0.3 is 5.32 Å². The van der Waals surface area contributed by atoms with E-state index >= 15 is 0 Å². The number of hydrogen-bond donors (Lipinski definition) is 1. The zero-order valence-electron chi connectivity index (χ0n) is 12.7. The first-order valence-corrected chi connectivity index (χ1v) is 7.67. The number of hydrogen-bond acceptors (Lipinski definition) is 4. The van der Waals surface area contributed by atoms with E-state index in [0.29, 0.717) is 29.7 Å². The summed E-state index contributed by atoms with van der Waals surface area (Å²) in [6.07, 6.45) is 3.02. The maximum absolute atomic E-state index is 12.5. The van der Waals surface area contributed by atoms with Crippen LogP contribution < -0.4 is 16.6 Å². The van der Waals surface area contributed by atoms with E-state index < -0.39 is 0 Å². The highest BCUT2D eigenvalue weighted by Crippen LogP contribution is 2.14. The van der Waals surface area contributed by atoms with E-state index in [1.165, 1.54) is 16.8 Å². The molecule has 2 aromatic heterocycles. The van der Waals surface area contributed by atoms with Crippen LogP contribution in [0.2, 0.25) is 5.02 Å². The molecule has 0 saturated heterocycles. The summed E-state index contributed by atoms with van der Waals surface area (Å²) >= 11 is 5.80. The molecule has 0 bridgehead atoms. The number of halogens is 1. The van der Waals surface area contributed by atoms with Crippen molar-refractivity contribution in [2.24, 2.45) is 0 Å². The molecule has 6 nitrogen and oxygen atoms in total. The van der Waals surface area contributed by atoms with Crippen LogP contribution in [-0.2, 0) is 13.1 Å². The Labute approximate surface area is 133 Å². The highest BCUT2D eigenvalue weighted by Gasteiger charge is 2.11. The molecule has 118 valence electrons. The fourth-order valence-electron chi connectivity index (χ4n) is 2.17. The van der Waals surface area contributed by atoms with Gasteiger partial charge in [-0.05, 0) is 25.0 Å². The Kier molecular flexibility index (Phi) is 5.38. The minimum atomic E-state index is -0.310. The second-order valence-corrected chi connectivity index (χ2v) is 5.38. The Bertz CT molecular complexity index is 750. The van der Waals surface area contributed by atoms with Crippen LogP contribution in [0.25, 0.3) is 0 Å². The van der Waals surface area contributed by atoms with Crippen molar-refractivity contribution in [1.82, 2.24) is 14.1 Å². The average molecular weight is 323 g/mol. The van der Waals surface area contributed by atoms with Gasteiger partial charge in [-0.3, -0.25) is 13.9 Å². The number of pyridine rings is 1. The van der Waals surface area contributed by atoms with Crippen molar-refractivity contribution >= 4 is 23.2 Å². The third kappa shape index (κ3) is 3.57. The Morgan fingerprint density at radius 2 is 1.82 bits per heavy atom. The van der Waals surface area contributed by atoms with E-state index in [0.717, 1.165) is 12.8 Å². The second-order valence-electron chi connectivity index (χ2n) is 4.94. The molecule has 0 atom stereocenters. The third-order valence-corrected chi connectivity index (χ3v) is 3.38. The minimum Gasteiger partial charge on any atom is -0.326 e. The van der Waals surface area contributed by atoms with Gasteiger partial charge in [-0.2, -0.15) is 0 Å². The van der Waals surface area contributed by atoms with E-state index in [2.05, 4.69) is 10.3 Å². The molecule has 0 unspecified atom stereocenters. The van der Waals surface area contributed by atoms with E-state index in [1.54, 1.807) is 16.7 Å². The maximum Gasteiger partial charge on any atom is 0.332 e. The van der Waals surface area contributed by atoms with E-state index in [1.807, 2.05) is 13.8 Å². The summed E-state index contributed by atoms with van der Waals surface area (Å²) in [6.45, 7) is 4.85. The van der Waals surface area contributed by atoms with Crippen LogP contribution in [0.5, 0.6) is 0 Å². The molecule has 0 aliphatic rings. The van der Waals surface area contributed by atoms with Crippen molar-refractivity contribution in [2.45, 2.75) is 39.8 Å². The maximum atomic E-state index is 12.5. The molecule has 0 fully saturated rings. The van der Waals surface area contributed by atoms with Gasteiger partial charge in [-0.1, -0.05) is 25.4 Å². The predicted octanol–water partition coefficient (Wildman–Crippen LogP) is 2.62. The minimum absolute atomic E-state index is 0.298. The zero-order chi connectivity index (χ0) is 16.1. The first kappa shape index (κ1) is 16.3. The summed E-state index contributed by atoms with van der Waals surface area (Å²) in [5, 5.41) is 3.54. The van der Waals surface area contributed by atoms with Crippen LogP contribution in [0.1, 0.15) is 26.7 Å². The second kappa shape index (κ2) is 7.26. The molecule has 0 spiro atoms. The number of nitrogens with zero attached hydrogens (tertiary/aromatic N) is 3. The number of anilines is 2. The summed E-state index contributed by atoms with van der Waals surface area (Å²) in [5.74, 6) is 0.973. The molecule has 2 rings (SSSR count). The van der Waals surface area contributed by atoms with E-state index in [-0.39, 0.29) is 11.2 Å². The van der Waals surface area contributed by atoms with Crippen LogP contribution in [-0.4, -0.2) is 14.1 Å². The standard InChI is InChI=1S/C15H19ClN4O2/c1-3-7-19-13(18-12-6-5-11(16)10-17-12)9-14(21)20(8-4-2)15(19)22/h5-6,9-10H,3-4,7-8H2,1-2H3,(H,17,18). The number of rotatable bonds is 6. The van der Waals surface area contributed by atoms with E-state index in [9.17, 15) is 9.59 Å². The van der Waals surface area contributed by atoms with Crippen LogP contribution >= 0.6 is 11.6 Å². The van der Waals surface area contributed by atoms with Crippen molar-refractivity contribution < 1.29 is 0 Å². The first-order valence-electron chi connectivity index (χ1n) is 7.30. The van der Waals surface area contributed by atoms with Crippen LogP contribution in [0.3, 0.4) is 0 Å². The number of aromatic nitrogens is 3. The molecule has 0 aliphatic carbocycles. The van der Waals surface area contributed by atoms with Crippen molar-refractivity contribution in [3.05, 3.63) is 50.3 Å². The van der Waals surface area contributed by atoms with Gasteiger partial charge in [0, 0.05) is 25.4 Å². The van der Waals surface area contributed by atoms with Crippen molar-refractivity contribution in [1.29, 1.82) is 0 Å². The lowest BCUT2D eigenvalue weighted by molar-refractivity contribution is 0.545. The Hall–Kier alpha value is -2.08. The van der Waals surface area contributed by atoms with Crippen LogP contribution in [0, 0.1) is 0 Å². The van der Waals surface area contributed by atoms with E-state index in [4.69, 9.17) is 11.6 Å². The lowest BCUT2D eigenvalue weighted by Crippen LogP contribution is -2.40. The Morgan fingerprint density at radius 1 is 1.14 bits per heavy atom. The molecule has 0 aliphatic heterocycles. The fourth-order valence-corrected chi connectivity index (χ4v) is 2.28. The van der Waals surface area contributed by atoms with Gasteiger partial charge in [0.2, 0.25) is 0 Å². The normalized spacial score (nSPS) is 10.7. The fraction of sp³-hybridized carbons (Fsp3) is 0.400. The molecule has 2 aromatic rings. The molecule has 0 aromatic carbocycles. The molecule has 1 N–H and O–H groups in total. The molecule has 7 heteroatoms. The molecular weight excluding hydrogens is 304 g/mol. The number of nitrogens with one attached hydrogen (secondary N) is 1. The topological polar surface area (TPSA) is 68.9 Å². The van der Waals surface area contributed by atoms with Gasteiger partial charge >= 0.3 is 5.69 Å². The quantitative estimate of drug-likeness (QED) is 0.887. The highest BCUT2D eigenvalue weighted by molar-refractivity contribution is 6.30. The molecule has 0 amide bonds. The van der Waals surface area contributed by atoms with Gasteiger partial charge in [0.15, 0.2) is 0 Å². The molecule has 0 radical (unpaired) electrons. The van der Waals surface area contributed by atoms with Gasteiger partial charge in [0.25, 0.3) is 5.56 Å². The molecular formula is C15H19ClN4O2. The third-order valence-electron chi connectivity index (χ3n) is 3.16. The van der Waals surface area contributed by atoms with Gasteiger partial charge in [-0.25, -0.2) is 9.78 Å². The summed E-state index contributed by atoms with van der Waals surface area (Å²) in [5.41, 5.74) is -0.608. The first-order chi connectivity index (χ1) is 10.6. The Morgan fingerprint density at radius 3 is 2.41 bits per heavy atom. The van der Waals surface area contributed by atoms with Crippen molar-refractivity contribution in [3.8, 4) is 0 Å². The lowest BCUT2D eigenvalue weighted by atomic mass is 10.4. The summed E-state index contributed by atoms with van der Waals surface area (Å²) in [7, 11) is 0. The SMILES string of the molecule is CCCn1c(Nc2ccc(Cl)cn2)cc(=O)n(CCC)c1=O. The van der Waals surface area contributed by atoms with Crippen molar-refractivity contribution in [2.75, 3.05) is 5.32 Å². The van der Waals surface area contributed by atoms with Crippen LogP contribution in [0.15, 0.2) is 34.0 Å². The van der Waals surface area contributed by atoms with Crippen LogP contribution in [0.4, 0.5) is 11.6 Å². The average Bonchev–Trinajstić information content (AvgIpc) is 2.50. The lowest BCUT2D eigenvalue weighted by Gasteiger charge is -2.15. The monoisotopic (exact) mass is 322 g/mol. The summed E-state index contributed by atoms with van der Waals surface area (Å²) in [4.78, 5) is 28.7. The summed E-state index contributed by atoms with van der Waals surface area (Å²) < 4.78 is 2.82.